The number of hydrogen-bond donors (Lipinski definition) is 1. The van der Waals surface area contributed by atoms with Gasteiger partial charge < -0.3 is 9.80 Å². The third kappa shape index (κ3) is 4.04. The van der Waals surface area contributed by atoms with Gasteiger partial charge in [0, 0.05) is 45.1 Å². The summed E-state index contributed by atoms with van der Waals surface area (Å²) in [5.41, 5.74) is -0.441. The van der Waals surface area contributed by atoms with E-state index in [1.54, 1.807) is 15.9 Å². The van der Waals surface area contributed by atoms with Gasteiger partial charge in [0.1, 0.15) is 5.54 Å². The fourth-order valence-electron chi connectivity index (χ4n) is 4.19. The molecule has 2 aliphatic rings. The number of aryl methyl sites for hydroxylation is 1. The SMILES string of the molecule is CCN1C(=O)N(CC(C)C)C2(CCN(C(=O)CCc3ccc(=O)[nH]n3)CC2)C1=O. The summed E-state index contributed by atoms with van der Waals surface area (Å²) in [5, 5.41) is 6.29. The summed E-state index contributed by atoms with van der Waals surface area (Å²) in [4.78, 5) is 54.3. The fraction of sp³-hybridized carbons (Fsp3) is 0.650. The molecule has 0 saturated carbocycles. The lowest BCUT2D eigenvalue weighted by molar-refractivity contribution is -0.141. The third-order valence-electron chi connectivity index (χ3n) is 5.76. The normalized spacial score (nSPS) is 19.0. The molecule has 2 saturated heterocycles. The molecular formula is C20H29N5O4. The van der Waals surface area contributed by atoms with E-state index in [0.717, 1.165) is 0 Å². The first-order valence-electron chi connectivity index (χ1n) is 10.2. The second-order valence-electron chi connectivity index (χ2n) is 8.16. The maximum atomic E-state index is 13.1. The van der Waals surface area contributed by atoms with Crippen LogP contribution in [-0.2, 0) is 16.0 Å². The molecule has 4 amide bonds. The minimum absolute atomic E-state index is 0.00706. The zero-order valence-electron chi connectivity index (χ0n) is 17.3. The van der Waals surface area contributed by atoms with E-state index in [-0.39, 0.29) is 35.7 Å². The number of aromatic amines is 1. The quantitative estimate of drug-likeness (QED) is 0.713. The Bertz CT molecular complexity index is 821. The zero-order chi connectivity index (χ0) is 21.2. The summed E-state index contributed by atoms with van der Waals surface area (Å²) < 4.78 is 0. The average molecular weight is 403 g/mol. The largest absolute Gasteiger partial charge is 0.342 e. The zero-order valence-corrected chi connectivity index (χ0v) is 17.3. The van der Waals surface area contributed by atoms with E-state index in [4.69, 9.17) is 0 Å². The van der Waals surface area contributed by atoms with Crippen LogP contribution in [0.2, 0.25) is 0 Å². The third-order valence-corrected chi connectivity index (χ3v) is 5.76. The van der Waals surface area contributed by atoms with Crippen LogP contribution in [-0.4, -0.2) is 74.5 Å². The number of imide groups is 1. The van der Waals surface area contributed by atoms with Gasteiger partial charge in [0.15, 0.2) is 0 Å². The van der Waals surface area contributed by atoms with Crippen LogP contribution in [0.5, 0.6) is 0 Å². The Morgan fingerprint density at radius 1 is 1.21 bits per heavy atom. The molecule has 0 atom stereocenters. The highest BCUT2D eigenvalue weighted by atomic mass is 16.2. The molecule has 2 fully saturated rings. The van der Waals surface area contributed by atoms with Crippen LogP contribution in [0.3, 0.4) is 0 Å². The van der Waals surface area contributed by atoms with E-state index in [0.29, 0.717) is 51.1 Å². The van der Waals surface area contributed by atoms with Crippen molar-refractivity contribution in [3.63, 3.8) is 0 Å². The topological polar surface area (TPSA) is 107 Å². The number of rotatable bonds is 6. The van der Waals surface area contributed by atoms with E-state index in [1.165, 1.54) is 11.0 Å². The highest BCUT2D eigenvalue weighted by molar-refractivity contribution is 6.07. The number of aromatic nitrogens is 2. The maximum Gasteiger partial charge on any atom is 0.327 e. The molecule has 0 aromatic carbocycles. The number of hydrogen-bond acceptors (Lipinski definition) is 5. The Labute approximate surface area is 170 Å². The van der Waals surface area contributed by atoms with Crippen molar-refractivity contribution in [2.24, 2.45) is 5.92 Å². The summed E-state index contributed by atoms with van der Waals surface area (Å²) in [7, 11) is 0. The van der Waals surface area contributed by atoms with Gasteiger partial charge in [0.25, 0.3) is 11.5 Å². The predicted octanol–water partition coefficient (Wildman–Crippen LogP) is 1.00. The lowest BCUT2D eigenvalue weighted by Crippen LogP contribution is -2.58. The van der Waals surface area contributed by atoms with Crippen LogP contribution in [0.4, 0.5) is 4.79 Å². The van der Waals surface area contributed by atoms with Crippen LogP contribution in [0.25, 0.3) is 0 Å². The van der Waals surface area contributed by atoms with E-state index in [9.17, 15) is 19.2 Å². The number of nitrogens with one attached hydrogen (secondary N) is 1. The number of carbonyl (C=O) groups is 3. The van der Waals surface area contributed by atoms with E-state index in [1.807, 2.05) is 20.8 Å². The standard InChI is InChI=1S/C20H29N5O4/c1-4-24-18(28)20(25(19(24)29)13-14(2)3)9-11-23(12-10-20)17(27)8-6-15-5-7-16(26)22-21-15/h5,7,14H,4,6,8-13H2,1-3H3,(H,22,26). The number of likely N-dealkylation sites (tertiary alicyclic amines) is 1. The van der Waals surface area contributed by atoms with Crippen LogP contribution < -0.4 is 5.56 Å². The number of urea groups is 1. The van der Waals surface area contributed by atoms with Gasteiger partial charge in [0.2, 0.25) is 5.91 Å². The molecule has 3 rings (SSSR count). The van der Waals surface area contributed by atoms with Gasteiger partial charge in [-0.25, -0.2) is 9.89 Å². The summed E-state index contributed by atoms with van der Waals surface area (Å²) in [6.07, 6.45) is 1.65. The van der Waals surface area contributed by atoms with Crippen LogP contribution >= 0.6 is 0 Å². The van der Waals surface area contributed by atoms with E-state index >= 15 is 0 Å². The monoisotopic (exact) mass is 403 g/mol. The molecule has 9 heteroatoms. The van der Waals surface area contributed by atoms with Gasteiger partial charge >= 0.3 is 6.03 Å². The molecule has 2 aliphatic heterocycles. The molecule has 0 aliphatic carbocycles. The summed E-state index contributed by atoms with van der Waals surface area (Å²) in [6, 6.07) is 2.79. The van der Waals surface area contributed by atoms with Crippen LogP contribution in [0, 0.1) is 5.92 Å². The van der Waals surface area contributed by atoms with Crippen molar-refractivity contribution < 1.29 is 14.4 Å². The molecule has 0 radical (unpaired) electrons. The van der Waals surface area contributed by atoms with Crippen LogP contribution in [0.1, 0.15) is 45.7 Å². The molecule has 0 unspecified atom stereocenters. The van der Waals surface area contributed by atoms with E-state index < -0.39 is 5.54 Å². The number of nitrogens with zero attached hydrogens (tertiary/aromatic N) is 4. The summed E-state index contributed by atoms with van der Waals surface area (Å²) in [5.74, 6) is 0.118. The highest BCUT2D eigenvalue weighted by Crippen LogP contribution is 2.37. The first-order valence-corrected chi connectivity index (χ1v) is 10.2. The number of amides is 4. The minimum Gasteiger partial charge on any atom is -0.342 e. The summed E-state index contributed by atoms with van der Waals surface area (Å²) in [6.45, 7) is 7.67. The van der Waals surface area contributed by atoms with Gasteiger partial charge in [-0.1, -0.05) is 13.8 Å². The summed E-state index contributed by atoms with van der Waals surface area (Å²) >= 11 is 0. The Hall–Kier alpha value is -2.71. The smallest absolute Gasteiger partial charge is 0.327 e. The van der Waals surface area contributed by atoms with Crippen molar-refractivity contribution in [2.75, 3.05) is 26.2 Å². The molecular weight excluding hydrogens is 374 g/mol. The van der Waals surface area contributed by atoms with Crippen molar-refractivity contribution in [2.45, 2.75) is 52.0 Å². The molecule has 29 heavy (non-hydrogen) atoms. The maximum absolute atomic E-state index is 13.1. The van der Waals surface area contributed by atoms with Crippen LogP contribution in [0.15, 0.2) is 16.9 Å². The van der Waals surface area contributed by atoms with Gasteiger partial charge in [-0.3, -0.25) is 19.3 Å². The number of H-pyrrole nitrogens is 1. The Kier molecular flexibility index (Phi) is 6.04. The van der Waals surface area contributed by atoms with E-state index in [2.05, 4.69) is 10.2 Å². The van der Waals surface area contributed by atoms with Gasteiger partial charge in [-0.15, -0.1) is 0 Å². The highest BCUT2D eigenvalue weighted by Gasteiger charge is 2.57. The molecule has 1 aromatic rings. The molecule has 1 aromatic heterocycles. The fourth-order valence-corrected chi connectivity index (χ4v) is 4.19. The number of carbonyl (C=O) groups excluding carboxylic acids is 3. The number of likely N-dealkylation sites (N-methyl/N-ethyl adjacent to an activating group) is 1. The molecule has 9 nitrogen and oxygen atoms in total. The Morgan fingerprint density at radius 3 is 2.45 bits per heavy atom. The van der Waals surface area contributed by atoms with Crippen molar-refractivity contribution >= 4 is 17.8 Å². The molecule has 158 valence electrons. The predicted molar refractivity (Wildman–Crippen MR) is 106 cm³/mol. The molecule has 1 spiro atoms. The number of piperidine rings is 1. The Morgan fingerprint density at radius 2 is 1.90 bits per heavy atom. The first kappa shape index (κ1) is 21.0. The van der Waals surface area contributed by atoms with Gasteiger partial charge in [-0.2, -0.15) is 5.10 Å². The molecule has 1 N–H and O–H groups in total. The lowest BCUT2D eigenvalue weighted by atomic mass is 9.85. The van der Waals surface area contributed by atoms with Crippen molar-refractivity contribution in [1.82, 2.24) is 24.9 Å². The van der Waals surface area contributed by atoms with Crippen molar-refractivity contribution in [1.29, 1.82) is 0 Å². The molecule has 3 heterocycles. The lowest BCUT2D eigenvalue weighted by Gasteiger charge is -2.42. The van der Waals surface area contributed by atoms with Gasteiger partial charge in [0.05, 0.1) is 5.69 Å². The second-order valence-corrected chi connectivity index (χ2v) is 8.16. The minimum atomic E-state index is -0.825. The van der Waals surface area contributed by atoms with Gasteiger partial charge in [-0.05, 0) is 31.7 Å². The molecule has 0 bridgehead atoms. The van der Waals surface area contributed by atoms with Crippen molar-refractivity contribution in [3.05, 3.63) is 28.2 Å². The Balaban J connectivity index is 1.64. The van der Waals surface area contributed by atoms with Crippen molar-refractivity contribution in [3.8, 4) is 0 Å². The first-order chi connectivity index (χ1) is 13.8. The second kappa shape index (κ2) is 8.34. The average Bonchev–Trinajstić information content (AvgIpc) is 2.88.